The Bertz CT molecular complexity index is 444. The van der Waals surface area contributed by atoms with E-state index in [1.165, 1.54) is 18.2 Å². The summed E-state index contributed by atoms with van der Waals surface area (Å²) in [5.41, 5.74) is 5.81. The Morgan fingerprint density at radius 3 is 2.65 bits per heavy atom. The van der Waals surface area contributed by atoms with Gasteiger partial charge in [0.2, 0.25) is 5.91 Å². The van der Waals surface area contributed by atoms with E-state index in [1.807, 2.05) is 0 Å². The first-order valence-electron chi connectivity index (χ1n) is 5.57. The van der Waals surface area contributed by atoms with Crippen molar-refractivity contribution in [2.75, 3.05) is 5.32 Å². The zero-order valence-corrected chi connectivity index (χ0v) is 10.9. The number of amides is 1. The number of anilines is 1. The van der Waals surface area contributed by atoms with Crippen LogP contribution in [0.2, 0.25) is 0 Å². The predicted molar refractivity (Wildman–Crippen MR) is 68.1 cm³/mol. The maximum atomic E-state index is 13.0. The zero-order chi connectivity index (χ0) is 12.5. The maximum Gasteiger partial charge on any atom is 0.244 e. The Kier molecular flexibility index (Phi) is 3.49. The van der Waals surface area contributed by atoms with Crippen LogP contribution in [-0.2, 0) is 4.79 Å². The molecule has 0 aliphatic heterocycles. The molecule has 0 saturated heterocycles. The third-order valence-corrected chi connectivity index (χ3v) is 3.73. The number of rotatable bonds is 2. The highest BCUT2D eigenvalue weighted by Gasteiger charge is 2.36. The van der Waals surface area contributed by atoms with Gasteiger partial charge < -0.3 is 11.1 Å². The van der Waals surface area contributed by atoms with Gasteiger partial charge in [-0.3, -0.25) is 4.79 Å². The van der Waals surface area contributed by atoms with Crippen molar-refractivity contribution in [2.24, 2.45) is 5.73 Å². The zero-order valence-electron chi connectivity index (χ0n) is 9.30. The van der Waals surface area contributed by atoms with Gasteiger partial charge in [0.05, 0.1) is 10.0 Å². The number of hydrogen-bond acceptors (Lipinski definition) is 2. The first-order chi connectivity index (χ1) is 8.01. The molecule has 0 spiro atoms. The Labute approximate surface area is 108 Å². The quantitative estimate of drug-likeness (QED) is 0.882. The predicted octanol–water partition coefficient (Wildman–Crippen LogP) is 2.80. The molecular formula is C12H14BrFN2O. The number of benzene rings is 1. The minimum absolute atomic E-state index is 0.187. The molecule has 1 aromatic carbocycles. The minimum atomic E-state index is -0.763. The highest BCUT2D eigenvalue weighted by atomic mass is 79.9. The number of nitrogens with one attached hydrogen (secondary N) is 1. The molecule has 5 heteroatoms. The Balaban J connectivity index is 2.10. The summed E-state index contributed by atoms with van der Waals surface area (Å²) >= 11 is 3.08. The topological polar surface area (TPSA) is 55.1 Å². The molecule has 92 valence electrons. The second-order valence-corrected chi connectivity index (χ2v) is 5.30. The lowest BCUT2D eigenvalue weighted by Crippen LogP contribution is -2.48. The molecule has 0 radical (unpaired) electrons. The molecule has 1 fully saturated rings. The van der Waals surface area contributed by atoms with Crippen molar-refractivity contribution in [3.8, 4) is 0 Å². The Morgan fingerprint density at radius 1 is 1.41 bits per heavy atom. The van der Waals surface area contributed by atoms with E-state index in [0.29, 0.717) is 23.0 Å². The molecule has 1 saturated carbocycles. The van der Waals surface area contributed by atoms with Crippen LogP contribution < -0.4 is 11.1 Å². The van der Waals surface area contributed by atoms with E-state index in [1.54, 1.807) is 0 Å². The molecule has 0 atom stereocenters. The molecule has 3 N–H and O–H groups in total. The van der Waals surface area contributed by atoms with Gasteiger partial charge in [-0.2, -0.15) is 0 Å². The molecule has 0 heterocycles. The van der Waals surface area contributed by atoms with Gasteiger partial charge in [0, 0.05) is 5.69 Å². The lowest BCUT2D eigenvalue weighted by Gasteiger charge is -2.22. The summed E-state index contributed by atoms with van der Waals surface area (Å²) < 4.78 is 13.4. The summed E-state index contributed by atoms with van der Waals surface area (Å²) in [4.78, 5) is 12.0. The van der Waals surface area contributed by atoms with Gasteiger partial charge >= 0.3 is 0 Å². The van der Waals surface area contributed by atoms with Gasteiger partial charge in [0.1, 0.15) is 5.82 Å². The van der Waals surface area contributed by atoms with Crippen molar-refractivity contribution < 1.29 is 9.18 Å². The van der Waals surface area contributed by atoms with Crippen molar-refractivity contribution in [3.05, 3.63) is 28.5 Å². The molecule has 3 nitrogen and oxygen atoms in total. The normalized spacial score (nSPS) is 18.1. The highest BCUT2D eigenvalue weighted by Crippen LogP contribution is 2.29. The van der Waals surface area contributed by atoms with Crippen LogP contribution in [0.25, 0.3) is 0 Å². The fourth-order valence-corrected chi connectivity index (χ4v) is 2.44. The number of carbonyl (C=O) groups excluding carboxylic acids is 1. The molecule has 0 unspecified atom stereocenters. The average Bonchev–Trinajstić information content (AvgIpc) is 2.72. The van der Waals surface area contributed by atoms with E-state index in [0.717, 1.165) is 12.8 Å². The van der Waals surface area contributed by atoms with Crippen LogP contribution in [0.3, 0.4) is 0 Å². The van der Waals surface area contributed by atoms with E-state index in [-0.39, 0.29) is 11.7 Å². The highest BCUT2D eigenvalue weighted by molar-refractivity contribution is 9.10. The molecule has 17 heavy (non-hydrogen) atoms. The molecule has 2 rings (SSSR count). The van der Waals surface area contributed by atoms with E-state index in [2.05, 4.69) is 21.2 Å². The SMILES string of the molecule is NC1(C(=O)Nc2ccc(F)c(Br)c2)CCCC1. The third-order valence-electron chi connectivity index (χ3n) is 3.13. The summed E-state index contributed by atoms with van der Waals surface area (Å²) in [6.45, 7) is 0. The first kappa shape index (κ1) is 12.5. The summed E-state index contributed by atoms with van der Waals surface area (Å²) in [5, 5.41) is 2.73. The van der Waals surface area contributed by atoms with Crippen LogP contribution in [0.15, 0.2) is 22.7 Å². The monoisotopic (exact) mass is 300 g/mol. The van der Waals surface area contributed by atoms with Crippen molar-refractivity contribution >= 4 is 27.5 Å². The van der Waals surface area contributed by atoms with E-state index in [9.17, 15) is 9.18 Å². The lowest BCUT2D eigenvalue weighted by molar-refractivity contribution is -0.121. The third kappa shape index (κ3) is 2.66. The van der Waals surface area contributed by atoms with Gasteiger partial charge in [-0.05, 0) is 47.0 Å². The van der Waals surface area contributed by atoms with Gasteiger partial charge in [-0.25, -0.2) is 4.39 Å². The van der Waals surface area contributed by atoms with E-state index >= 15 is 0 Å². The average molecular weight is 301 g/mol. The minimum Gasteiger partial charge on any atom is -0.324 e. The summed E-state index contributed by atoms with van der Waals surface area (Å²) in [6, 6.07) is 4.36. The number of nitrogens with two attached hydrogens (primary N) is 1. The largest absolute Gasteiger partial charge is 0.324 e. The molecular weight excluding hydrogens is 287 g/mol. The van der Waals surface area contributed by atoms with Crippen LogP contribution >= 0.6 is 15.9 Å². The van der Waals surface area contributed by atoms with Gasteiger partial charge in [-0.15, -0.1) is 0 Å². The maximum absolute atomic E-state index is 13.0. The van der Waals surface area contributed by atoms with Gasteiger partial charge in [0.15, 0.2) is 0 Å². The van der Waals surface area contributed by atoms with Crippen LogP contribution in [0.4, 0.5) is 10.1 Å². The second-order valence-electron chi connectivity index (χ2n) is 4.45. The number of hydrogen-bond donors (Lipinski definition) is 2. The van der Waals surface area contributed by atoms with E-state index < -0.39 is 5.54 Å². The van der Waals surface area contributed by atoms with Crippen LogP contribution in [0.1, 0.15) is 25.7 Å². The van der Waals surface area contributed by atoms with Crippen molar-refractivity contribution in [2.45, 2.75) is 31.2 Å². The number of carbonyl (C=O) groups is 1. The van der Waals surface area contributed by atoms with E-state index in [4.69, 9.17) is 5.73 Å². The summed E-state index contributed by atoms with van der Waals surface area (Å²) in [7, 11) is 0. The summed E-state index contributed by atoms with van der Waals surface area (Å²) in [5.74, 6) is -0.542. The Morgan fingerprint density at radius 2 is 2.06 bits per heavy atom. The van der Waals surface area contributed by atoms with Crippen molar-refractivity contribution in [1.82, 2.24) is 0 Å². The van der Waals surface area contributed by atoms with Crippen molar-refractivity contribution in [3.63, 3.8) is 0 Å². The molecule has 0 aromatic heterocycles. The molecule has 0 bridgehead atoms. The first-order valence-corrected chi connectivity index (χ1v) is 6.36. The molecule has 1 aromatic rings. The number of halogens is 2. The Hall–Kier alpha value is -0.940. The van der Waals surface area contributed by atoms with Crippen LogP contribution in [0, 0.1) is 5.82 Å². The van der Waals surface area contributed by atoms with Crippen LogP contribution in [-0.4, -0.2) is 11.4 Å². The lowest BCUT2D eigenvalue weighted by atomic mass is 9.98. The van der Waals surface area contributed by atoms with Gasteiger partial charge in [-0.1, -0.05) is 12.8 Å². The fourth-order valence-electron chi connectivity index (χ4n) is 2.06. The molecule has 1 amide bonds. The van der Waals surface area contributed by atoms with Gasteiger partial charge in [0.25, 0.3) is 0 Å². The summed E-state index contributed by atoms with van der Waals surface area (Å²) in [6.07, 6.45) is 3.39. The molecule has 1 aliphatic rings. The van der Waals surface area contributed by atoms with Crippen LogP contribution in [0.5, 0.6) is 0 Å². The van der Waals surface area contributed by atoms with Crippen molar-refractivity contribution in [1.29, 1.82) is 0 Å². The second kappa shape index (κ2) is 4.74. The fraction of sp³-hybridized carbons (Fsp3) is 0.417. The molecule has 1 aliphatic carbocycles. The standard InChI is InChI=1S/C12H14BrFN2O/c13-9-7-8(3-4-10(9)14)16-11(17)12(15)5-1-2-6-12/h3-4,7H,1-2,5-6,15H2,(H,16,17). The smallest absolute Gasteiger partial charge is 0.244 e.